The molecule has 5 heterocycles. The van der Waals surface area contributed by atoms with Crippen molar-refractivity contribution >= 4 is 45.8 Å². The number of H-pyrrole nitrogens is 2. The number of fused-ring (bicyclic) bond motifs is 6. The van der Waals surface area contributed by atoms with Crippen LogP contribution in [0.4, 0.5) is 9.59 Å². The average molecular weight is 891 g/mol. The van der Waals surface area contributed by atoms with Crippen LogP contribution in [0, 0.1) is 11.8 Å². The molecule has 0 aliphatic carbocycles. The number of aromatic amines is 2. The van der Waals surface area contributed by atoms with Gasteiger partial charge in [-0.2, -0.15) is 0 Å². The molecule has 5 aromatic rings. The van der Waals surface area contributed by atoms with Gasteiger partial charge in [0.25, 0.3) is 0 Å². The second kappa shape index (κ2) is 19.1. The molecule has 0 spiro atoms. The van der Waals surface area contributed by atoms with Crippen molar-refractivity contribution in [2.45, 2.75) is 123 Å². The third-order valence-corrected chi connectivity index (χ3v) is 14.0. The Hall–Kier alpha value is -6.16. The number of nitrogens with one attached hydrogen (secondary N) is 4. The van der Waals surface area contributed by atoms with E-state index in [0.717, 1.165) is 74.8 Å². The third-order valence-electron chi connectivity index (χ3n) is 14.0. The van der Waals surface area contributed by atoms with Crippen molar-refractivity contribution in [1.29, 1.82) is 0 Å². The van der Waals surface area contributed by atoms with Gasteiger partial charge >= 0.3 is 12.2 Å². The van der Waals surface area contributed by atoms with E-state index < -0.39 is 30.3 Å². The smallest absolute Gasteiger partial charge is 0.407 e. The lowest BCUT2D eigenvalue weighted by Gasteiger charge is -2.37. The molecule has 0 bridgehead atoms. The minimum atomic E-state index is -0.745. The molecule has 2 aromatic heterocycles. The monoisotopic (exact) mass is 890 g/mol. The summed E-state index contributed by atoms with van der Waals surface area (Å²) in [4.78, 5) is 74.0. The zero-order valence-corrected chi connectivity index (χ0v) is 38.7. The number of ether oxygens (including phenoxy) is 4. The average Bonchev–Trinajstić information content (AvgIpc) is 4.10. The maximum Gasteiger partial charge on any atom is 0.407 e. The Kier molecular flexibility index (Phi) is 13.4. The number of aromatic nitrogens is 4. The van der Waals surface area contributed by atoms with Crippen LogP contribution in [0.5, 0.6) is 5.75 Å². The molecular weight excluding hydrogens is 829 g/mol. The Morgan fingerprint density at radius 3 is 2.38 bits per heavy atom. The van der Waals surface area contributed by atoms with Crippen molar-refractivity contribution in [2.75, 3.05) is 27.4 Å². The van der Waals surface area contributed by atoms with Crippen LogP contribution in [0.25, 0.3) is 44.2 Å². The Morgan fingerprint density at radius 2 is 1.66 bits per heavy atom. The van der Waals surface area contributed by atoms with E-state index in [4.69, 9.17) is 28.9 Å². The predicted molar refractivity (Wildman–Crippen MR) is 246 cm³/mol. The number of carbonyl (C=O) groups is 4. The fraction of sp³-hybridized carbons (Fsp3) is 0.510. The van der Waals surface area contributed by atoms with Gasteiger partial charge in [0.2, 0.25) is 11.8 Å². The number of imidazole rings is 2. The fourth-order valence-corrected chi connectivity index (χ4v) is 9.88. The van der Waals surface area contributed by atoms with Gasteiger partial charge in [-0.3, -0.25) is 9.59 Å². The number of carbonyl (C=O) groups excluding carboxylic acids is 4. The molecule has 65 heavy (non-hydrogen) atoms. The Bertz CT molecular complexity index is 2570. The molecule has 8 rings (SSSR count). The lowest BCUT2D eigenvalue weighted by molar-refractivity contribution is -0.140. The van der Waals surface area contributed by atoms with Gasteiger partial charge in [0.05, 0.1) is 49.2 Å². The van der Waals surface area contributed by atoms with Crippen molar-refractivity contribution < 1.29 is 38.1 Å². The summed E-state index contributed by atoms with van der Waals surface area (Å²) < 4.78 is 21.8. The Balaban J connectivity index is 1.04. The minimum absolute atomic E-state index is 0.0413. The van der Waals surface area contributed by atoms with E-state index in [0.29, 0.717) is 50.7 Å². The third kappa shape index (κ3) is 8.84. The predicted octanol–water partition coefficient (Wildman–Crippen LogP) is 8.33. The highest BCUT2D eigenvalue weighted by Gasteiger charge is 2.43. The van der Waals surface area contributed by atoms with Gasteiger partial charge in [0, 0.05) is 36.2 Å². The molecule has 346 valence electrons. The van der Waals surface area contributed by atoms with E-state index in [1.807, 2.05) is 50.5 Å². The highest BCUT2D eigenvalue weighted by Crippen LogP contribution is 2.44. The van der Waals surface area contributed by atoms with Gasteiger partial charge in [0.1, 0.15) is 36.1 Å². The van der Waals surface area contributed by atoms with Crippen LogP contribution in [0.3, 0.4) is 0 Å². The molecule has 16 nitrogen and oxygen atoms in total. The van der Waals surface area contributed by atoms with Gasteiger partial charge in [-0.15, -0.1) is 0 Å². The summed E-state index contributed by atoms with van der Waals surface area (Å²) in [6, 6.07) is 12.3. The van der Waals surface area contributed by atoms with Gasteiger partial charge in [0.15, 0.2) is 0 Å². The van der Waals surface area contributed by atoms with Gasteiger partial charge < -0.3 is 49.3 Å². The van der Waals surface area contributed by atoms with E-state index in [2.05, 4.69) is 63.9 Å². The van der Waals surface area contributed by atoms with Crippen molar-refractivity contribution in [2.24, 2.45) is 11.8 Å². The molecule has 0 radical (unpaired) electrons. The van der Waals surface area contributed by atoms with E-state index in [1.165, 1.54) is 14.2 Å². The fourth-order valence-electron chi connectivity index (χ4n) is 9.88. The highest BCUT2D eigenvalue weighted by molar-refractivity contribution is 6.07. The van der Waals surface area contributed by atoms with E-state index in [-0.39, 0.29) is 41.8 Å². The number of rotatable bonds is 13. The number of amides is 4. The molecule has 7 atom stereocenters. The summed E-state index contributed by atoms with van der Waals surface area (Å²) in [6.07, 6.45) is 4.86. The number of nitrogens with zero attached hydrogens (tertiary/aromatic N) is 4. The molecular formula is C49H62N8O8. The first kappa shape index (κ1) is 45.4. The van der Waals surface area contributed by atoms with Crippen LogP contribution in [-0.4, -0.2) is 105 Å². The quantitative estimate of drug-likeness (QED) is 0.0893. The standard InChI is InChI=1S/C49H62N8O8/c1-9-26(3)41(54-48(60)62-7)46(58)56(27(4)10-2)29(6)44-50-24-38(52-44)32-12-14-34-33(21-32)25-65-40-23-35-31(22-36(34)40)13-15-37-43(35)53-45(51-37)39-16-11-28(5)57(39)47(59)42(55-49(61)63-8)30-17-19-64-20-18-30/h12-15,21-24,26-30,39,41-42H,9-11,16-20,25H2,1-8H3,(H,50,52)(H,51,53)(H,54,60)(H,55,61)/t26-,27-,28-,29-,39-,41?,42-/m0/s1. The van der Waals surface area contributed by atoms with Crippen molar-refractivity contribution in [1.82, 2.24) is 40.4 Å². The van der Waals surface area contributed by atoms with Gasteiger partial charge in [-0.1, -0.05) is 45.4 Å². The molecule has 3 aliphatic rings. The molecule has 16 heteroatoms. The van der Waals surface area contributed by atoms with Crippen LogP contribution in [0.15, 0.2) is 48.7 Å². The number of hydrogen-bond donors (Lipinski definition) is 4. The topological polar surface area (TPSA) is 193 Å². The van der Waals surface area contributed by atoms with Crippen molar-refractivity contribution in [3.05, 3.63) is 65.9 Å². The number of methoxy groups -OCH3 is 2. The SMILES string of the molecule is CC[C@H](C)C(NC(=O)OC)C(=O)N([C@@H](C)CC)[C@@H](C)c1ncc(-c2ccc3c(c2)COc2cc4c(ccc5[nH]c([C@@H]6CC[C@H](C)N6C(=O)[C@@H](NC(=O)OC)C6CCOCC6)nc54)cc2-3)[nH]1. The second-order valence-electron chi connectivity index (χ2n) is 17.9. The van der Waals surface area contributed by atoms with Crippen LogP contribution < -0.4 is 15.4 Å². The van der Waals surface area contributed by atoms with Crippen LogP contribution in [-0.2, 0) is 30.4 Å². The van der Waals surface area contributed by atoms with Crippen LogP contribution in [0.2, 0.25) is 0 Å². The summed E-state index contributed by atoms with van der Waals surface area (Å²) in [5.74, 6) is 1.65. The van der Waals surface area contributed by atoms with E-state index in [9.17, 15) is 19.2 Å². The normalized spacial score (nSPS) is 19.6. The molecule has 4 amide bonds. The first-order chi connectivity index (χ1) is 31.3. The number of alkyl carbamates (subject to hydrolysis) is 2. The first-order valence-electron chi connectivity index (χ1n) is 23.0. The molecule has 1 unspecified atom stereocenters. The van der Waals surface area contributed by atoms with Gasteiger partial charge in [-0.25, -0.2) is 19.6 Å². The molecule has 3 aromatic carbocycles. The van der Waals surface area contributed by atoms with E-state index in [1.54, 1.807) is 6.20 Å². The first-order valence-corrected chi connectivity index (χ1v) is 23.0. The van der Waals surface area contributed by atoms with Gasteiger partial charge in [-0.05, 0) is 111 Å². The maximum atomic E-state index is 14.4. The van der Waals surface area contributed by atoms with Crippen molar-refractivity contribution in [3.8, 4) is 28.1 Å². The van der Waals surface area contributed by atoms with Crippen molar-refractivity contribution in [3.63, 3.8) is 0 Å². The Labute approximate surface area is 379 Å². The Morgan fingerprint density at radius 1 is 0.908 bits per heavy atom. The zero-order chi connectivity index (χ0) is 46.1. The molecule has 2 saturated heterocycles. The summed E-state index contributed by atoms with van der Waals surface area (Å²) in [5.41, 5.74) is 6.51. The minimum Gasteiger partial charge on any atom is -0.488 e. The van der Waals surface area contributed by atoms with Crippen LogP contribution in [0.1, 0.15) is 109 Å². The summed E-state index contributed by atoms with van der Waals surface area (Å²) in [7, 11) is 2.61. The lowest BCUT2D eigenvalue weighted by Crippen LogP contribution is -2.54. The molecule has 3 aliphatic heterocycles. The molecule has 2 fully saturated rings. The summed E-state index contributed by atoms with van der Waals surface area (Å²) >= 11 is 0. The molecule has 4 N–H and O–H groups in total. The number of likely N-dealkylation sites (tertiary alicyclic amines) is 1. The summed E-state index contributed by atoms with van der Waals surface area (Å²) in [5, 5.41) is 7.58. The zero-order valence-electron chi connectivity index (χ0n) is 38.7. The number of benzene rings is 3. The highest BCUT2D eigenvalue weighted by atomic mass is 16.5. The van der Waals surface area contributed by atoms with E-state index >= 15 is 0 Å². The van der Waals surface area contributed by atoms with Crippen LogP contribution >= 0.6 is 0 Å². The number of hydrogen-bond acceptors (Lipinski definition) is 10. The maximum absolute atomic E-state index is 14.4. The second-order valence-corrected chi connectivity index (χ2v) is 17.9. The largest absolute Gasteiger partial charge is 0.488 e. The lowest BCUT2D eigenvalue weighted by atomic mass is 9.90. The molecule has 0 saturated carbocycles. The summed E-state index contributed by atoms with van der Waals surface area (Å²) in [6.45, 7) is 13.5.